The van der Waals surface area contributed by atoms with Crippen molar-refractivity contribution in [2.45, 2.75) is 71.4 Å². The lowest BCUT2D eigenvalue weighted by Gasteiger charge is -2.20. The Kier molecular flexibility index (Phi) is 7.69. The fourth-order valence-electron chi connectivity index (χ4n) is 2.46. The molecule has 1 N–H and O–H groups in total. The van der Waals surface area contributed by atoms with Crippen LogP contribution in [0.5, 0.6) is 0 Å². The largest absolute Gasteiger partial charge is 0.312 e. The Bertz CT molecular complexity index is 360. The monoisotopic (exact) mass is 329 g/mol. The highest BCUT2D eigenvalue weighted by molar-refractivity contribution is 9.10. The van der Waals surface area contributed by atoms with Gasteiger partial charge in [-0.2, -0.15) is 5.10 Å². The molecular weight excluding hydrogens is 302 g/mol. The number of hydrogen-bond donors (Lipinski definition) is 1. The van der Waals surface area contributed by atoms with Crippen molar-refractivity contribution in [3.8, 4) is 0 Å². The normalized spacial score (nSPS) is 13.2. The van der Waals surface area contributed by atoms with Gasteiger partial charge in [0, 0.05) is 6.04 Å². The van der Waals surface area contributed by atoms with E-state index in [2.05, 4.69) is 51.8 Å². The van der Waals surface area contributed by atoms with Crippen molar-refractivity contribution in [3.05, 3.63) is 16.4 Å². The fourth-order valence-corrected chi connectivity index (χ4v) is 3.01. The summed E-state index contributed by atoms with van der Waals surface area (Å²) < 4.78 is 3.24. The van der Waals surface area contributed by atoms with E-state index in [1.54, 1.807) is 0 Å². The Balaban J connectivity index is 2.61. The Labute approximate surface area is 126 Å². The first-order valence-electron chi connectivity index (χ1n) is 7.52. The van der Waals surface area contributed by atoms with E-state index in [-0.39, 0.29) is 0 Å². The summed E-state index contributed by atoms with van der Waals surface area (Å²) in [7, 11) is 2.04. The van der Waals surface area contributed by atoms with Gasteiger partial charge in [0.05, 0.1) is 22.4 Å². The van der Waals surface area contributed by atoms with Crippen LogP contribution in [-0.4, -0.2) is 16.8 Å². The first kappa shape index (κ1) is 16.7. The van der Waals surface area contributed by atoms with Crippen molar-refractivity contribution >= 4 is 15.9 Å². The fraction of sp³-hybridized carbons (Fsp3) is 0.800. The lowest BCUT2D eigenvalue weighted by Crippen LogP contribution is -2.21. The molecule has 4 heteroatoms. The van der Waals surface area contributed by atoms with Crippen molar-refractivity contribution in [1.29, 1.82) is 0 Å². The van der Waals surface area contributed by atoms with E-state index in [0.29, 0.717) is 12.1 Å². The maximum absolute atomic E-state index is 4.47. The minimum atomic E-state index is 0.390. The van der Waals surface area contributed by atoms with E-state index in [0.717, 1.165) is 4.47 Å². The van der Waals surface area contributed by atoms with E-state index in [4.69, 9.17) is 0 Å². The number of nitrogens with one attached hydrogen (secondary N) is 1. The van der Waals surface area contributed by atoms with Crippen LogP contribution in [0.3, 0.4) is 0 Å². The molecule has 0 aliphatic heterocycles. The molecule has 1 atom stereocenters. The van der Waals surface area contributed by atoms with Gasteiger partial charge in [-0.25, -0.2) is 0 Å². The lowest BCUT2D eigenvalue weighted by molar-refractivity contribution is 0.431. The van der Waals surface area contributed by atoms with Gasteiger partial charge >= 0.3 is 0 Å². The molecule has 0 saturated heterocycles. The molecule has 110 valence electrons. The minimum Gasteiger partial charge on any atom is -0.312 e. The van der Waals surface area contributed by atoms with Crippen molar-refractivity contribution in [2.24, 2.45) is 0 Å². The van der Waals surface area contributed by atoms with Crippen LogP contribution < -0.4 is 5.32 Å². The summed E-state index contributed by atoms with van der Waals surface area (Å²) in [4.78, 5) is 0. The third-order valence-electron chi connectivity index (χ3n) is 3.55. The Morgan fingerprint density at radius 1 is 1.26 bits per heavy atom. The number of nitrogens with zero attached hydrogens (tertiary/aromatic N) is 2. The second-order valence-corrected chi connectivity index (χ2v) is 6.31. The van der Waals surface area contributed by atoms with Gasteiger partial charge in [-0.15, -0.1) is 0 Å². The van der Waals surface area contributed by atoms with Crippen LogP contribution in [0.1, 0.15) is 77.1 Å². The zero-order valence-electron chi connectivity index (χ0n) is 12.7. The number of halogens is 1. The quantitative estimate of drug-likeness (QED) is 0.656. The topological polar surface area (TPSA) is 29.9 Å². The second-order valence-electron chi connectivity index (χ2n) is 5.46. The Hall–Kier alpha value is -0.350. The van der Waals surface area contributed by atoms with Gasteiger partial charge in [-0.1, -0.05) is 39.0 Å². The molecule has 0 aliphatic rings. The zero-order chi connectivity index (χ0) is 14.3. The van der Waals surface area contributed by atoms with Gasteiger partial charge in [0.25, 0.3) is 0 Å². The maximum Gasteiger partial charge on any atom is 0.0698 e. The molecule has 0 spiro atoms. The Morgan fingerprint density at radius 2 is 1.95 bits per heavy atom. The van der Waals surface area contributed by atoms with Gasteiger partial charge in [-0.05, 0) is 43.2 Å². The second kappa shape index (κ2) is 8.75. The Morgan fingerprint density at radius 3 is 2.53 bits per heavy atom. The summed E-state index contributed by atoms with van der Waals surface area (Å²) in [6, 6.07) is 0.790. The molecule has 0 radical (unpaired) electrons. The summed E-state index contributed by atoms with van der Waals surface area (Å²) in [6.45, 7) is 6.61. The number of hydrogen-bond acceptors (Lipinski definition) is 2. The van der Waals surface area contributed by atoms with E-state index in [1.807, 2.05) is 13.2 Å². The van der Waals surface area contributed by atoms with Crippen LogP contribution in [0.2, 0.25) is 0 Å². The molecule has 0 aliphatic carbocycles. The molecule has 19 heavy (non-hydrogen) atoms. The van der Waals surface area contributed by atoms with Gasteiger partial charge in [0.1, 0.15) is 0 Å². The van der Waals surface area contributed by atoms with E-state index < -0.39 is 0 Å². The predicted octanol–water partition coefficient (Wildman–Crippen LogP) is 4.85. The molecule has 0 aromatic carbocycles. The first-order valence-corrected chi connectivity index (χ1v) is 8.31. The standard InChI is InChI=1S/C15H28BrN3/c1-5-6-7-8-9-10-14(17-4)15-13(16)11-18-19(15)12(2)3/h11-12,14,17H,5-10H2,1-4H3. The van der Waals surface area contributed by atoms with Crippen LogP contribution in [0.25, 0.3) is 0 Å². The lowest BCUT2D eigenvalue weighted by atomic mass is 10.0. The highest BCUT2D eigenvalue weighted by atomic mass is 79.9. The van der Waals surface area contributed by atoms with Crippen LogP contribution in [0.4, 0.5) is 0 Å². The third-order valence-corrected chi connectivity index (χ3v) is 4.16. The SMILES string of the molecule is CCCCCCCC(NC)c1c(Br)cnn1C(C)C. The van der Waals surface area contributed by atoms with Crippen molar-refractivity contribution in [2.75, 3.05) is 7.05 Å². The number of aromatic nitrogens is 2. The summed E-state index contributed by atoms with van der Waals surface area (Å²) in [5.41, 5.74) is 1.29. The van der Waals surface area contributed by atoms with Gasteiger partial charge in [0.15, 0.2) is 0 Å². The maximum atomic E-state index is 4.47. The molecule has 0 fully saturated rings. The summed E-state index contributed by atoms with van der Waals surface area (Å²) in [6.07, 6.45) is 9.73. The zero-order valence-corrected chi connectivity index (χ0v) is 14.3. The molecule has 1 aromatic rings. The van der Waals surface area contributed by atoms with Gasteiger partial charge in [-0.3, -0.25) is 4.68 Å². The van der Waals surface area contributed by atoms with Gasteiger partial charge in [0.2, 0.25) is 0 Å². The summed E-state index contributed by atoms with van der Waals surface area (Å²) >= 11 is 3.64. The molecule has 1 unspecified atom stereocenters. The predicted molar refractivity (Wildman–Crippen MR) is 85.5 cm³/mol. The summed E-state index contributed by atoms with van der Waals surface area (Å²) in [5, 5.41) is 7.91. The smallest absolute Gasteiger partial charge is 0.0698 e. The van der Waals surface area contributed by atoms with Crippen molar-refractivity contribution < 1.29 is 0 Å². The van der Waals surface area contributed by atoms with Gasteiger partial charge < -0.3 is 5.32 Å². The highest BCUT2D eigenvalue weighted by Gasteiger charge is 2.19. The molecule has 0 bridgehead atoms. The minimum absolute atomic E-state index is 0.390. The number of unbranched alkanes of at least 4 members (excludes halogenated alkanes) is 4. The molecule has 3 nitrogen and oxygen atoms in total. The third kappa shape index (κ3) is 4.92. The molecule has 1 aromatic heterocycles. The van der Waals surface area contributed by atoms with Crippen molar-refractivity contribution in [1.82, 2.24) is 15.1 Å². The van der Waals surface area contributed by atoms with Crippen LogP contribution in [-0.2, 0) is 0 Å². The average Bonchev–Trinajstić information content (AvgIpc) is 2.76. The highest BCUT2D eigenvalue weighted by Crippen LogP contribution is 2.29. The van der Waals surface area contributed by atoms with Crippen LogP contribution in [0.15, 0.2) is 10.7 Å². The summed E-state index contributed by atoms with van der Waals surface area (Å²) in [5.74, 6) is 0. The van der Waals surface area contributed by atoms with E-state index in [9.17, 15) is 0 Å². The molecule has 1 heterocycles. The average molecular weight is 330 g/mol. The van der Waals surface area contributed by atoms with Crippen LogP contribution >= 0.6 is 15.9 Å². The number of rotatable bonds is 9. The van der Waals surface area contributed by atoms with E-state index in [1.165, 1.54) is 44.2 Å². The molecule has 1 rings (SSSR count). The van der Waals surface area contributed by atoms with Crippen molar-refractivity contribution in [3.63, 3.8) is 0 Å². The molecular formula is C15H28BrN3. The first-order chi connectivity index (χ1) is 9.11. The molecule has 0 saturated carbocycles. The van der Waals surface area contributed by atoms with Crippen LogP contribution in [0, 0.1) is 0 Å². The molecule has 0 amide bonds. The van der Waals surface area contributed by atoms with E-state index >= 15 is 0 Å².